The molecular weight excluding hydrogens is 184 g/mol. The average Bonchev–Trinajstić information content (AvgIpc) is 2.29. The van der Waals surface area contributed by atoms with Crippen molar-refractivity contribution in [2.24, 2.45) is 5.92 Å². The molecule has 1 fully saturated rings. The molecule has 2 nitrogen and oxygen atoms in total. The predicted molar refractivity (Wildman–Crippen MR) is 65.3 cm³/mol. The van der Waals surface area contributed by atoms with Crippen LogP contribution in [0.4, 0.5) is 5.69 Å². The van der Waals surface area contributed by atoms with Crippen LogP contribution in [-0.4, -0.2) is 19.6 Å². The van der Waals surface area contributed by atoms with Crippen LogP contribution in [0.2, 0.25) is 0 Å². The Morgan fingerprint density at radius 1 is 1.40 bits per heavy atom. The molecule has 15 heavy (non-hydrogen) atoms. The summed E-state index contributed by atoms with van der Waals surface area (Å²) in [5, 5.41) is 6.99. The van der Waals surface area contributed by atoms with E-state index in [4.69, 9.17) is 0 Å². The van der Waals surface area contributed by atoms with Crippen LogP contribution in [0.15, 0.2) is 24.3 Å². The van der Waals surface area contributed by atoms with Gasteiger partial charge < -0.3 is 10.6 Å². The molecule has 2 heteroatoms. The number of hydrogen-bond donors (Lipinski definition) is 2. The summed E-state index contributed by atoms with van der Waals surface area (Å²) in [7, 11) is 0. The summed E-state index contributed by atoms with van der Waals surface area (Å²) in [4.78, 5) is 0. The van der Waals surface area contributed by atoms with Crippen molar-refractivity contribution in [1.82, 2.24) is 5.32 Å². The van der Waals surface area contributed by atoms with E-state index in [-0.39, 0.29) is 0 Å². The van der Waals surface area contributed by atoms with Gasteiger partial charge in [0.15, 0.2) is 0 Å². The van der Waals surface area contributed by atoms with E-state index in [1.807, 2.05) is 0 Å². The van der Waals surface area contributed by atoms with E-state index in [9.17, 15) is 0 Å². The minimum Gasteiger partial charge on any atom is -0.385 e. The SMILES string of the molecule is Cc1ccccc1NCC1CCCNC1. The quantitative estimate of drug-likeness (QED) is 0.790. The Hall–Kier alpha value is -1.02. The molecule has 1 aliphatic rings. The van der Waals surface area contributed by atoms with E-state index >= 15 is 0 Å². The van der Waals surface area contributed by atoms with Crippen molar-refractivity contribution in [3.8, 4) is 0 Å². The minimum atomic E-state index is 0.790. The molecular formula is C13H20N2. The number of benzene rings is 1. The lowest BCUT2D eigenvalue weighted by Gasteiger charge is -2.23. The molecule has 1 aromatic carbocycles. The summed E-state index contributed by atoms with van der Waals surface area (Å²) in [5.41, 5.74) is 2.62. The summed E-state index contributed by atoms with van der Waals surface area (Å²) < 4.78 is 0. The molecule has 1 aliphatic heterocycles. The summed E-state index contributed by atoms with van der Waals surface area (Å²) in [5.74, 6) is 0.790. The van der Waals surface area contributed by atoms with E-state index in [0.29, 0.717) is 0 Å². The second-order valence-corrected chi connectivity index (χ2v) is 4.41. The molecule has 1 aromatic rings. The smallest absolute Gasteiger partial charge is 0.0369 e. The van der Waals surface area contributed by atoms with Crippen molar-refractivity contribution in [2.45, 2.75) is 19.8 Å². The Morgan fingerprint density at radius 3 is 3.00 bits per heavy atom. The maximum absolute atomic E-state index is 3.54. The van der Waals surface area contributed by atoms with E-state index in [1.165, 1.54) is 37.2 Å². The van der Waals surface area contributed by atoms with Gasteiger partial charge in [0.05, 0.1) is 0 Å². The highest BCUT2D eigenvalue weighted by atomic mass is 14.9. The molecule has 82 valence electrons. The number of anilines is 1. The van der Waals surface area contributed by atoms with Gasteiger partial charge in [0.2, 0.25) is 0 Å². The van der Waals surface area contributed by atoms with Crippen molar-refractivity contribution in [3.63, 3.8) is 0 Å². The molecule has 0 saturated carbocycles. The van der Waals surface area contributed by atoms with E-state index in [1.54, 1.807) is 0 Å². The van der Waals surface area contributed by atoms with Gasteiger partial charge in [0, 0.05) is 12.2 Å². The van der Waals surface area contributed by atoms with Crippen LogP contribution in [-0.2, 0) is 0 Å². The monoisotopic (exact) mass is 204 g/mol. The first-order valence-corrected chi connectivity index (χ1v) is 5.86. The first-order valence-electron chi connectivity index (χ1n) is 5.86. The molecule has 0 amide bonds. The summed E-state index contributed by atoms with van der Waals surface area (Å²) in [6.45, 7) is 5.61. The van der Waals surface area contributed by atoms with Crippen molar-refractivity contribution in [3.05, 3.63) is 29.8 Å². The van der Waals surface area contributed by atoms with Crippen LogP contribution in [0, 0.1) is 12.8 Å². The van der Waals surface area contributed by atoms with Crippen LogP contribution in [0.5, 0.6) is 0 Å². The Balaban J connectivity index is 1.84. The number of nitrogens with one attached hydrogen (secondary N) is 2. The third kappa shape index (κ3) is 2.96. The maximum atomic E-state index is 3.54. The molecule has 0 aliphatic carbocycles. The van der Waals surface area contributed by atoms with Gasteiger partial charge in [-0.05, 0) is 50.4 Å². The molecule has 1 atom stereocenters. The van der Waals surface area contributed by atoms with Crippen LogP contribution < -0.4 is 10.6 Å². The molecule has 0 radical (unpaired) electrons. The highest BCUT2D eigenvalue weighted by molar-refractivity contribution is 5.50. The fraction of sp³-hybridized carbons (Fsp3) is 0.538. The van der Waals surface area contributed by atoms with Gasteiger partial charge in [0.1, 0.15) is 0 Å². The zero-order valence-electron chi connectivity index (χ0n) is 9.42. The summed E-state index contributed by atoms with van der Waals surface area (Å²) in [6, 6.07) is 8.49. The lowest BCUT2D eigenvalue weighted by molar-refractivity contribution is 0.393. The summed E-state index contributed by atoms with van der Waals surface area (Å²) in [6.07, 6.45) is 2.67. The highest BCUT2D eigenvalue weighted by Crippen LogP contribution is 2.15. The zero-order valence-corrected chi connectivity index (χ0v) is 9.42. The van der Waals surface area contributed by atoms with Crippen molar-refractivity contribution >= 4 is 5.69 Å². The molecule has 0 aromatic heterocycles. The Bertz CT molecular complexity index is 303. The summed E-state index contributed by atoms with van der Waals surface area (Å²) >= 11 is 0. The van der Waals surface area contributed by atoms with Gasteiger partial charge in [-0.2, -0.15) is 0 Å². The Morgan fingerprint density at radius 2 is 2.27 bits per heavy atom. The number of piperidine rings is 1. The molecule has 0 spiro atoms. The van der Waals surface area contributed by atoms with Crippen molar-refractivity contribution < 1.29 is 0 Å². The number of para-hydroxylation sites is 1. The van der Waals surface area contributed by atoms with Gasteiger partial charge in [-0.15, -0.1) is 0 Å². The number of hydrogen-bond acceptors (Lipinski definition) is 2. The van der Waals surface area contributed by atoms with Gasteiger partial charge >= 0.3 is 0 Å². The maximum Gasteiger partial charge on any atom is 0.0369 e. The number of aryl methyl sites for hydroxylation is 1. The van der Waals surface area contributed by atoms with Crippen molar-refractivity contribution in [2.75, 3.05) is 25.0 Å². The third-order valence-corrected chi connectivity index (χ3v) is 3.13. The average molecular weight is 204 g/mol. The first-order chi connectivity index (χ1) is 7.36. The zero-order chi connectivity index (χ0) is 10.5. The lowest BCUT2D eigenvalue weighted by Crippen LogP contribution is -2.33. The molecule has 0 bridgehead atoms. The van der Waals surface area contributed by atoms with Crippen LogP contribution >= 0.6 is 0 Å². The van der Waals surface area contributed by atoms with Gasteiger partial charge in [-0.25, -0.2) is 0 Å². The molecule has 1 saturated heterocycles. The van der Waals surface area contributed by atoms with Gasteiger partial charge in [-0.3, -0.25) is 0 Å². The first kappa shape index (κ1) is 10.5. The highest BCUT2D eigenvalue weighted by Gasteiger charge is 2.12. The van der Waals surface area contributed by atoms with Crippen LogP contribution in [0.25, 0.3) is 0 Å². The van der Waals surface area contributed by atoms with Crippen LogP contribution in [0.1, 0.15) is 18.4 Å². The fourth-order valence-electron chi connectivity index (χ4n) is 2.12. The van der Waals surface area contributed by atoms with Gasteiger partial charge in [0.25, 0.3) is 0 Å². The topological polar surface area (TPSA) is 24.1 Å². The normalized spacial score (nSPS) is 21.3. The molecule has 2 N–H and O–H groups in total. The minimum absolute atomic E-state index is 0.790. The predicted octanol–water partition coefficient (Wildman–Crippen LogP) is 2.41. The molecule has 2 rings (SSSR count). The lowest BCUT2D eigenvalue weighted by atomic mass is 9.99. The fourth-order valence-corrected chi connectivity index (χ4v) is 2.12. The Kier molecular flexibility index (Phi) is 3.62. The van der Waals surface area contributed by atoms with Crippen LogP contribution in [0.3, 0.4) is 0 Å². The molecule has 1 heterocycles. The van der Waals surface area contributed by atoms with E-state index in [2.05, 4.69) is 41.8 Å². The largest absolute Gasteiger partial charge is 0.385 e. The van der Waals surface area contributed by atoms with E-state index < -0.39 is 0 Å². The van der Waals surface area contributed by atoms with Crippen molar-refractivity contribution in [1.29, 1.82) is 0 Å². The molecule has 1 unspecified atom stereocenters. The Labute approximate surface area is 92.1 Å². The number of rotatable bonds is 3. The standard InChI is InChI=1S/C13H20N2/c1-11-5-2-3-7-13(11)15-10-12-6-4-8-14-9-12/h2-3,5,7,12,14-15H,4,6,8-10H2,1H3. The second kappa shape index (κ2) is 5.17. The second-order valence-electron chi connectivity index (χ2n) is 4.41. The van der Waals surface area contributed by atoms with Gasteiger partial charge in [-0.1, -0.05) is 18.2 Å². The third-order valence-electron chi connectivity index (χ3n) is 3.13. The van der Waals surface area contributed by atoms with E-state index in [0.717, 1.165) is 12.5 Å².